The highest BCUT2D eigenvalue weighted by Gasteiger charge is 2.20. The molecule has 9 nitrogen and oxygen atoms in total. The molecule has 0 radical (unpaired) electrons. The largest absolute Gasteiger partial charge is 0.494 e. The Labute approximate surface area is 228 Å². The van der Waals surface area contributed by atoms with Crippen LogP contribution in [0.4, 0.5) is 5.69 Å². The molecule has 0 atom stereocenters. The summed E-state index contributed by atoms with van der Waals surface area (Å²) in [6.45, 7) is 7.09. The van der Waals surface area contributed by atoms with Crippen molar-refractivity contribution in [1.82, 2.24) is 15.4 Å². The fourth-order valence-corrected chi connectivity index (χ4v) is 3.82. The molecule has 9 heteroatoms. The zero-order valence-electron chi connectivity index (χ0n) is 22.7. The second kappa shape index (κ2) is 13.9. The highest BCUT2D eigenvalue weighted by atomic mass is 16.6. The van der Waals surface area contributed by atoms with Gasteiger partial charge in [-0.1, -0.05) is 36.9 Å². The Morgan fingerprint density at radius 1 is 1.15 bits per heavy atom. The van der Waals surface area contributed by atoms with Gasteiger partial charge in [-0.3, -0.25) is 9.63 Å². The van der Waals surface area contributed by atoms with Crippen molar-refractivity contribution in [3.8, 4) is 5.88 Å². The fraction of sp³-hybridized carbons (Fsp3) is 0.233. The van der Waals surface area contributed by atoms with Crippen molar-refractivity contribution >= 4 is 34.2 Å². The number of aromatic hydroxyl groups is 1. The van der Waals surface area contributed by atoms with E-state index >= 15 is 0 Å². The minimum atomic E-state index is -0.482. The molecule has 1 heterocycles. The highest BCUT2D eigenvalue weighted by Crippen LogP contribution is 2.32. The lowest BCUT2D eigenvalue weighted by Gasteiger charge is -2.10. The Balaban J connectivity index is 1.96. The zero-order valence-corrected chi connectivity index (χ0v) is 22.7. The van der Waals surface area contributed by atoms with Crippen molar-refractivity contribution in [2.45, 2.75) is 13.3 Å². The molecule has 0 bridgehead atoms. The molecular formula is C30H34N4O5. The first-order chi connectivity index (χ1) is 18.8. The van der Waals surface area contributed by atoms with Crippen LogP contribution in [-0.2, 0) is 9.57 Å². The van der Waals surface area contributed by atoms with Gasteiger partial charge in [0.1, 0.15) is 0 Å². The maximum Gasteiger partial charge on any atom is 0.337 e. The van der Waals surface area contributed by atoms with Crippen LogP contribution in [0.5, 0.6) is 5.88 Å². The monoisotopic (exact) mass is 530 g/mol. The van der Waals surface area contributed by atoms with Crippen LogP contribution in [0.15, 0.2) is 83.9 Å². The number of nitrogens with zero attached hydrogens (tertiary/aromatic N) is 2. The van der Waals surface area contributed by atoms with E-state index in [2.05, 4.69) is 17.0 Å². The van der Waals surface area contributed by atoms with E-state index in [0.29, 0.717) is 51.2 Å². The number of rotatable bonds is 12. The van der Waals surface area contributed by atoms with Gasteiger partial charge in [-0.25, -0.2) is 15.3 Å². The molecule has 2 aromatic carbocycles. The summed E-state index contributed by atoms with van der Waals surface area (Å²) in [4.78, 5) is 39.5. The van der Waals surface area contributed by atoms with Gasteiger partial charge in [-0.05, 0) is 70.4 Å². The number of benzene rings is 2. The number of carbonyl (C=O) groups is 2. The van der Waals surface area contributed by atoms with Crippen molar-refractivity contribution in [2.24, 2.45) is 4.99 Å². The zero-order chi connectivity index (χ0) is 28.4. The summed E-state index contributed by atoms with van der Waals surface area (Å²) in [6, 6.07) is 11.7. The molecule has 0 saturated carbocycles. The molecule has 0 saturated heterocycles. The summed E-state index contributed by atoms with van der Waals surface area (Å²) >= 11 is 0. The lowest BCUT2D eigenvalue weighted by molar-refractivity contribution is 0.0288. The number of H-pyrrole nitrogens is 1. The molecule has 0 aliphatic rings. The Kier molecular flexibility index (Phi) is 10.4. The van der Waals surface area contributed by atoms with Crippen molar-refractivity contribution in [3.05, 3.63) is 95.6 Å². The van der Waals surface area contributed by atoms with E-state index in [4.69, 9.17) is 14.6 Å². The number of esters is 1. The number of methoxy groups -OCH3 is 1. The number of hydrogen-bond acceptors (Lipinski definition) is 7. The van der Waals surface area contributed by atoms with Gasteiger partial charge in [0.2, 0.25) is 0 Å². The normalized spacial score (nSPS) is 12.3. The van der Waals surface area contributed by atoms with Gasteiger partial charge >= 0.3 is 5.97 Å². The summed E-state index contributed by atoms with van der Waals surface area (Å²) < 4.78 is 4.81. The Morgan fingerprint density at radius 2 is 1.87 bits per heavy atom. The van der Waals surface area contributed by atoms with Gasteiger partial charge < -0.3 is 19.7 Å². The fourth-order valence-electron chi connectivity index (χ4n) is 3.82. The molecule has 204 valence electrons. The standard InChI is InChI=1S/C30H34N4O5/c1-6-8-10-20(7-2)27(26-24-16-13-22(30(37)38-5)19-25(24)32-29(26)36)31-23-14-11-21(12-15-23)28(35)33-39-18-9-17-34(3)4/h6-8,10-16,19,32,36H,2,9,17-18H2,1,3-5H3,(H,33,35)/b8-6-,20-10+,31-27?. The summed E-state index contributed by atoms with van der Waals surface area (Å²) in [5.74, 6) is -0.947. The molecule has 39 heavy (non-hydrogen) atoms. The van der Waals surface area contributed by atoms with Crippen LogP contribution in [0.25, 0.3) is 10.9 Å². The van der Waals surface area contributed by atoms with E-state index in [9.17, 15) is 14.7 Å². The van der Waals surface area contributed by atoms with E-state index in [0.717, 1.165) is 13.0 Å². The average Bonchev–Trinajstić information content (AvgIpc) is 3.26. The van der Waals surface area contributed by atoms with Gasteiger partial charge in [-0.15, -0.1) is 0 Å². The lowest BCUT2D eigenvalue weighted by Crippen LogP contribution is -2.25. The van der Waals surface area contributed by atoms with E-state index in [1.54, 1.807) is 48.5 Å². The average molecular weight is 531 g/mol. The van der Waals surface area contributed by atoms with Gasteiger partial charge in [0, 0.05) is 22.0 Å². The molecule has 3 rings (SSSR count). The maximum absolute atomic E-state index is 12.4. The highest BCUT2D eigenvalue weighted by molar-refractivity contribution is 6.23. The maximum atomic E-state index is 12.4. The number of aromatic amines is 1. The van der Waals surface area contributed by atoms with Crippen LogP contribution in [0.1, 0.15) is 39.6 Å². The minimum absolute atomic E-state index is 0.110. The first kappa shape index (κ1) is 29.1. The quantitative estimate of drug-likeness (QED) is 0.0989. The Hall–Kier alpha value is -4.47. The van der Waals surface area contributed by atoms with E-state index < -0.39 is 5.97 Å². The molecule has 0 aliphatic heterocycles. The predicted molar refractivity (Wildman–Crippen MR) is 154 cm³/mol. The minimum Gasteiger partial charge on any atom is -0.494 e. The Bertz CT molecular complexity index is 1420. The van der Waals surface area contributed by atoms with Crippen LogP contribution in [0.3, 0.4) is 0 Å². The molecule has 0 spiro atoms. The smallest absolute Gasteiger partial charge is 0.337 e. The Morgan fingerprint density at radius 3 is 2.51 bits per heavy atom. The molecule has 3 N–H and O–H groups in total. The number of fused-ring (bicyclic) bond motifs is 1. The molecule has 0 unspecified atom stereocenters. The summed E-state index contributed by atoms with van der Waals surface area (Å²) in [6.07, 6.45) is 7.99. The van der Waals surface area contributed by atoms with Crippen LogP contribution in [0, 0.1) is 0 Å². The van der Waals surface area contributed by atoms with E-state index in [-0.39, 0.29) is 11.8 Å². The summed E-state index contributed by atoms with van der Waals surface area (Å²) in [5.41, 5.74) is 5.89. The third-order valence-electron chi connectivity index (χ3n) is 5.79. The van der Waals surface area contributed by atoms with E-state index in [1.807, 2.05) is 44.1 Å². The lowest BCUT2D eigenvalue weighted by atomic mass is 9.99. The number of carbonyl (C=O) groups excluding carboxylic acids is 2. The molecular weight excluding hydrogens is 496 g/mol. The van der Waals surface area contributed by atoms with Crippen molar-refractivity contribution in [2.75, 3.05) is 34.4 Å². The predicted octanol–water partition coefficient (Wildman–Crippen LogP) is 5.08. The first-order valence-electron chi connectivity index (χ1n) is 12.4. The van der Waals surface area contributed by atoms with Crippen LogP contribution in [0.2, 0.25) is 0 Å². The van der Waals surface area contributed by atoms with Gasteiger partial charge in [0.25, 0.3) is 5.91 Å². The third-order valence-corrected chi connectivity index (χ3v) is 5.79. The molecule has 1 aromatic heterocycles. The van der Waals surface area contributed by atoms with E-state index in [1.165, 1.54) is 7.11 Å². The summed E-state index contributed by atoms with van der Waals surface area (Å²) in [5, 5.41) is 11.6. The molecule has 3 aromatic rings. The second-order valence-corrected chi connectivity index (χ2v) is 8.90. The van der Waals surface area contributed by atoms with Crippen LogP contribution in [-0.4, -0.2) is 66.9 Å². The summed E-state index contributed by atoms with van der Waals surface area (Å²) in [7, 11) is 5.26. The topological polar surface area (TPSA) is 116 Å². The van der Waals surface area contributed by atoms with Crippen LogP contribution >= 0.6 is 0 Å². The number of allylic oxidation sites excluding steroid dienone is 5. The number of nitrogens with one attached hydrogen (secondary N) is 2. The number of aromatic nitrogens is 1. The number of ether oxygens (including phenoxy) is 1. The van der Waals surface area contributed by atoms with Gasteiger partial charge in [0.15, 0.2) is 5.88 Å². The third kappa shape index (κ3) is 7.53. The van der Waals surface area contributed by atoms with Crippen molar-refractivity contribution < 1.29 is 24.3 Å². The second-order valence-electron chi connectivity index (χ2n) is 8.90. The molecule has 0 fully saturated rings. The van der Waals surface area contributed by atoms with Crippen molar-refractivity contribution in [3.63, 3.8) is 0 Å². The number of hydroxylamine groups is 1. The number of aliphatic imine (C=N–C) groups is 1. The first-order valence-corrected chi connectivity index (χ1v) is 12.4. The van der Waals surface area contributed by atoms with Gasteiger partial charge in [0.05, 0.1) is 36.2 Å². The van der Waals surface area contributed by atoms with Crippen LogP contribution < -0.4 is 5.48 Å². The number of hydrogen-bond donors (Lipinski definition) is 3. The molecule has 0 aliphatic carbocycles. The number of amides is 1. The molecule has 1 amide bonds. The SMILES string of the molecule is C=C/C(=C\C=C/C)C(=Nc1ccc(C(=O)NOCCCN(C)C)cc1)c1c(O)[nH]c2cc(C(=O)OC)ccc12. The van der Waals surface area contributed by atoms with Gasteiger partial charge in [-0.2, -0.15) is 0 Å². The van der Waals surface area contributed by atoms with Crippen molar-refractivity contribution in [1.29, 1.82) is 0 Å².